The average molecular weight is 125 g/mol. The van der Waals surface area contributed by atoms with Crippen molar-refractivity contribution < 1.29 is 5.11 Å². The van der Waals surface area contributed by atoms with Gasteiger partial charge in [0.05, 0.1) is 12.1 Å². The van der Waals surface area contributed by atoms with Crippen molar-refractivity contribution in [2.24, 2.45) is 0 Å². The summed E-state index contributed by atoms with van der Waals surface area (Å²) >= 11 is 1.36. The number of hydrogen-bond donors (Lipinski definition) is 1. The van der Waals surface area contributed by atoms with Gasteiger partial charge in [0.2, 0.25) is 0 Å². The topological polar surface area (TPSA) is 33.1 Å². The molecule has 0 saturated heterocycles. The van der Waals surface area contributed by atoms with Gasteiger partial charge in [-0.3, -0.25) is 4.98 Å². The Hall–Kier alpha value is -0.345. The molecule has 1 aromatic heterocycles. The Morgan fingerprint density at radius 3 is 2.88 bits per heavy atom. The molecule has 0 fully saturated rings. The second-order valence-electron chi connectivity index (χ2n) is 1.32. The molecule has 0 spiro atoms. The monoisotopic (exact) mass is 125 g/mol. The van der Waals surface area contributed by atoms with Crippen molar-refractivity contribution in [3.63, 3.8) is 0 Å². The largest absolute Gasteiger partial charge is 0.391 e. The van der Waals surface area contributed by atoms with Gasteiger partial charge in [-0.05, 0) is 0 Å². The summed E-state index contributed by atoms with van der Waals surface area (Å²) in [6.45, 7) is -0.00347. The van der Waals surface area contributed by atoms with Crippen molar-refractivity contribution in [3.8, 4) is 0 Å². The van der Waals surface area contributed by atoms with Crippen LogP contribution in [0.25, 0.3) is 0 Å². The normalized spacial score (nSPS) is 9.62. The zero-order chi connectivity index (χ0) is 5.98. The van der Waals surface area contributed by atoms with Crippen molar-refractivity contribution >= 4 is 24.8 Å². The third kappa shape index (κ3) is 0.902. The number of aliphatic hydroxyl groups excluding tert-OH is 1. The lowest BCUT2D eigenvalue weighted by Gasteiger charge is -1.85. The lowest BCUT2D eigenvalue weighted by Crippen LogP contribution is -2.07. The van der Waals surface area contributed by atoms with Crippen molar-refractivity contribution in [2.75, 3.05) is 0 Å². The van der Waals surface area contributed by atoms with Crippen LogP contribution in [0.5, 0.6) is 0 Å². The molecule has 0 unspecified atom stereocenters. The van der Waals surface area contributed by atoms with E-state index in [0.717, 1.165) is 4.88 Å². The van der Waals surface area contributed by atoms with Crippen LogP contribution in [0.1, 0.15) is 4.88 Å². The first-order chi connectivity index (χ1) is 3.84. The highest BCUT2D eigenvalue weighted by Crippen LogP contribution is 1.99. The molecule has 0 saturated carbocycles. The van der Waals surface area contributed by atoms with Crippen molar-refractivity contribution in [1.82, 2.24) is 4.98 Å². The van der Waals surface area contributed by atoms with Gasteiger partial charge in [-0.1, -0.05) is 0 Å². The Balaban J connectivity index is 2.92. The molecule has 1 heterocycles. The van der Waals surface area contributed by atoms with Gasteiger partial charge >= 0.3 is 0 Å². The predicted molar refractivity (Wildman–Crippen MR) is 33.4 cm³/mol. The van der Waals surface area contributed by atoms with Crippen LogP contribution in [0.2, 0.25) is 0 Å². The molecule has 4 heteroatoms. The van der Waals surface area contributed by atoms with Crippen LogP contribution in [0.3, 0.4) is 0 Å². The number of nitrogens with zero attached hydrogens (tertiary/aromatic N) is 1. The van der Waals surface area contributed by atoms with E-state index in [0.29, 0.717) is 5.59 Å². The molecule has 0 aromatic carbocycles. The quantitative estimate of drug-likeness (QED) is 0.509. The summed E-state index contributed by atoms with van der Waals surface area (Å²) in [4.78, 5) is 4.46. The molecule has 2 radical (unpaired) electrons. The summed E-state index contributed by atoms with van der Waals surface area (Å²) in [6.07, 6.45) is 0. The maximum absolute atomic E-state index is 8.50. The minimum Gasteiger partial charge on any atom is -0.391 e. The van der Waals surface area contributed by atoms with Crippen molar-refractivity contribution in [2.45, 2.75) is 6.61 Å². The molecule has 1 N–H and O–H groups in total. The number of aliphatic hydroxyl groups is 1. The van der Waals surface area contributed by atoms with E-state index in [-0.39, 0.29) is 6.61 Å². The van der Waals surface area contributed by atoms with Crippen LogP contribution < -0.4 is 5.59 Å². The predicted octanol–water partition coefficient (Wildman–Crippen LogP) is -0.571. The zero-order valence-electron chi connectivity index (χ0n) is 4.16. The molecule has 2 nitrogen and oxygen atoms in total. The molecule has 0 aliphatic heterocycles. The Kier molecular flexibility index (Phi) is 1.65. The maximum Gasteiger partial charge on any atom is 0.143 e. The molecular weight excluding hydrogens is 121 g/mol. The molecule has 8 heavy (non-hydrogen) atoms. The number of rotatable bonds is 1. The molecule has 1 rings (SSSR count). The van der Waals surface area contributed by atoms with Gasteiger partial charge in [0.15, 0.2) is 0 Å². The SMILES string of the molecule is [B]c1ncsc1CO. The van der Waals surface area contributed by atoms with E-state index < -0.39 is 0 Å². The van der Waals surface area contributed by atoms with E-state index in [9.17, 15) is 0 Å². The molecular formula is C4H4BNOS. The fourth-order valence-corrected chi connectivity index (χ4v) is 0.939. The lowest BCUT2D eigenvalue weighted by atomic mass is 10.0. The van der Waals surface area contributed by atoms with Crippen LogP contribution in [-0.4, -0.2) is 17.9 Å². The fourth-order valence-electron chi connectivity index (χ4n) is 0.397. The summed E-state index contributed by atoms with van der Waals surface area (Å²) in [7, 11) is 5.29. The van der Waals surface area contributed by atoms with Gasteiger partial charge < -0.3 is 5.11 Å². The van der Waals surface area contributed by atoms with E-state index in [1.807, 2.05) is 0 Å². The van der Waals surface area contributed by atoms with E-state index in [4.69, 9.17) is 13.0 Å². The summed E-state index contributed by atoms with van der Waals surface area (Å²) < 4.78 is 0. The third-order valence-electron chi connectivity index (χ3n) is 0.816. The van der Waals surface area contributed by atoms with E-state index in [2.05, 4.69) is 4.98 Å². The molecule has 40 valence electrons. The first kappa shape index (κ1) is 5.79. The number of aromatic nitrogens is 1. The van der Waals surface area contributed by atoms with Crippen LogP contribution in [0, 0.1) is 0 Å². The number of thiazole rings is 1. The minimum absolute atomic E-state index is 0.00347. The average Bonchev–Trinajstić information content (AvgIpc) is 2.14. The Morgan fingerprint density at radius 1 is 1.88 bits per heavy atom. The second-order valence-corrected chi connectivity index (χ2v) is 2.26. The van der Waals surface area contributed by atoms with Crippen LogP contribution in [0.4, 0.5) is 0 Å². The first-order valence-corrected chi connectivity index (χ1v) is 3.01. The fraction of sp³-hybridized carbons (Fsp3) is 0.250. The molecule has 0 atom stereocenters. The zero-order valence-corrected chi connectivity index (χ0v) is 4.98. The maximum atomic E-state index is 8.50. The minimum atomic E-state index is -0.00347. The highest BCUT2D eigenvalue weighted by molar-refractivity contribution is 7.10. The first-order valence-electron chi connectivity index (χ1n) is 2.13. The smallest absolute Gasteiger partial charge is 0.143 e. The lowest BCUT2D eigenvalue weighted by molar-refractivity contribution is 0.286. The van der Waals surface area contributed by atoms with Gasteiger partial charge in [-0.15, -0.1) is 11.3 Å². The molecule has 0 aliphatic carbocycles. The molecule has 0 amide bonds. The molecule has 0 aliphatic rings. The van der Waals surface area contributed by atoms with Gasteiger partial charge in [0, 0.05) is 10.5 Å². The molecule has 0 bridgehead atoms. The second kappa shape index (κ2) is 2.28. The standard InChI is InChI=1S/C4H4BNOS/c5-4-3(1-7)8-2-6-4/h2,7H,1H2. The van der Waals surface area contributed by atoms with Crippen LogP contribution in [-0.2, 0) is 6.61 Å². The third-order valence-corrected chi connectivity index (χ3v) is 1.65. The van der Waals surface area contributed by atoms with Crippen LogP contribution in [0.15, 0.2) is 5.51 Å². The van der Waals surface area contributed by atoms with Gasteiger partial charge in [0.1, 0.15) is 7.85 Å². The highest BCUT2D eigenvalue weighted by Gasteiger charge is 1.95. The van der Waals surface area contributed by atoms with Crippen LogP contribution >= 0.6 is 11.3 Å². The van der Waals surface area contributed by atoms with E-state index in [1.165, 1.54) is 11.3 Å². The summed E-state index contributed by atoms with van der Waals surface area (Å²) in [5.41, 5.74) is 2.05. The summed E-state index contributed by atoms with van der Waals surface area (Å²) in [6, 6.07) is 0. The summed E-state index contributed by atoms with van der Waals surface area (Å²) in [5, 5.41) is 8.50. The van der Waals surface area contributed by atoms with Gasteiger partial charge in [0.25, 0.3) is 0 Å². The summed E-state index contributed by atoms with van der Waals surface area (Å²) in [5.74, 6) is 0. The number of hydrogen-bond acceptors (Lipinski definition) is 3. The van der Waals surface area contributed by atoms with E-state index in [1.54, 1.807) is 5.51 Å². The van der Waals surface area contributed by atoms with Gasteiger partial charge in [-0.2, -0.15) is 0 Å². The van der Waals surface area contributed by atoms with E-state index >= 15 is 0 Å². The molecule has 1 aromatic rings. The van der Waals surface area contributed by atoms with Crippen molar-refractivity contribution in [1.29, 1.82) is 0 Å². The highest BCUT2D eigenvalue weighted by atomic mass is 32.1. The van der Waals surface area contributed by atoms with Gasteiger partial charge in [-0.25, -0.2) is 0 Å². The Labute approximate surface area is 52.6 Å². The Morgan fingerprint density at radius 2 is 2.62 bits per heavy atom. The Bertz CT molecular complexity index is 176. The van der Waals surface area contributed by atoms with Crippen molar-refractivity contribution in [3.05, 3.63) is 10.4 Å².